The molecular formula is C11H14N4O3S. The van der Waals surface area contributed by atoms with Crippen LogP contribution in [-0.4, -0.2) is 41.1 Å². The van der Waals surface area contributed by atoms with Crippen LogP contribution in [-0.2, 0) is 16.4 Å². The number of rotatable bonds is 4. The van der Waals surface area contributed by atoms with Gasteiger partial charge in [0.25, 0.3) is 0 Å². The van der Waals surface area contributed by atoms with Crippen LogP contribution in [0.2, 0.25) is 0 Å². The molecule has 0 saturated carbocycles. The molecule has 3 heterocycles. The minimum absolute atomic E-state index is 0.0224. The van der Waals surface area contributed by atoms with E-state index in [0.29, 0.717) is 24.7 Å². The van der Waals surface area contributed by atoms with Crippen LogP contribution in [0.3, 0.4) is 0 Å². The maximum absolute atomic E-state index is 11.3. The van der Waals surface area contributed by atoms with Gasteiger partial charge in [-0.05, 0) is 18.6 Å². The first-order valence-electron chi connectivity index (χ1n) is 6.02. The zero-order chi connectivity index (χ0) is 13.3. The van der Waals surface area contributed by atoms with Crippen LogP contribution in [0.1, 0.15) is 12.3 Å². The van der Waals surface area contributed by atoms with Crippen molar-refractivity contribution in [2.24, 2.45) is 0 Å². The quantitative estimate of drug-likeness (QED) is 0.838. The summed E-state index contributed by atoms with van der Waals surface area (Å²) in [5, 5.41) is 6.98. The number of nitrogens with zero attached hydrogens (tertiary/aromatic N) is 2. The zero-order valence-corrected chi connectivity index (χ0v) is 11.0. The number of aromatic amines is 1. The minimum atomic E-state index is -2.86. The Balaban J connectivity index is 1.59. The Labute approximate surface area is 110 Å². The van der Waals surface area contributed by atoms with Gasteiger partial charge in [0.15, 0.2) is 9.84 Å². The Morgan fingerprint density at radius 3 is 3.11 bits per heavy atom. The molecule has 0 aliphatic carbocycles. The van der Waals surface area contributed by atoms with Crippen molar-refractivity contribution in [3.05, 3.63) is 24.2 Å². The van der Waals surface area contributed by atoms with Crippen LogP contribution >= 0.6 is 0 Å². The van der Waals surface area contributed by atoms with Gasteiger partial charge in [-0.25, -0.2) is 8.42 Å². The highest BCUT2D eigenvalue weighted by atomic mass is 32.2. The summed E-state index contributed by atoms with van der Waals surface area (Å²) >= 11 is 0. The fraction of sp³-hybridized carbons (Fsp3) is 0.455. The number of aromatic nitrogens is 3. The van der Waals surface area contributed by atoms with Gasteiger partial charge in [-0.15, -0.1) is 0 Å². The van der Waals surface area contributed by atoms with E-state index in [1.807, 2.05) is 12.1 Å². The zero-order valence-electron chi connectivity index (χ0n) is 10.2. The van der Waals surface area contributed by atoms with Gasteiger partial charge >= 0.3 is 0 Å². The predicted octanol–water partition coefficient (Wildman–Crippen LogP) is 0.341. The molecule has 19 heavy (non-hydrogen) atoms. The van der Waals surface area contributed by atoms with Gasteiger partial charge in [0.1, 0.15) is 0 Å². The van der Waals surface area contributed by atoms with Crippen molar-refractivity contribution >= 4 is 9.84 Å². The molecule has 0 aromatic carbocycles. The van der Waals surface area contributed by atoms with Crippen molar-refractivity contribution in [3.63, 3.8) is 0 Å². The van der Waals surface area contributed by atoms with Gasteiger partial charge in [-0.2, -0.15) is 4.98 Å². The number of nitrogens with one attached hydrogen (secondary N) is 2. The molecule has 0 radical (unpaired) electrons. The first kappa shape index (κ1) is 12.4. The molecule has 2 aromatic heterocycles. The number of hydrogen-bond acceptors (Lipinski definition) is 6. The van der Waals surface area contributed by atoms with Crippen LogP contribution < -0.4 is 5.32 Å². The van der Waals surface area contributed by atoms with E-state index < -0.39 is 9.84 Å². The number of hydrogen-bond donors (Lipinski definition) is 2. The van der Waals surface area contributed by atoms with Crippen molar-refractivity contribution in [2.75, 3.05) is 11.5 Å². The smallest absolute Gasteiger partial charge is 0.240 e. The molecule has 3 rings (SSSR count). The molecule has 2 N–H and O–H groups in total. The lowest BCUT2D eigenvalue weighted by atomic mass is 10.3. The van der Waals surface area contributed by atoms with Crippen LogP contribution in [0.4, 0.5) is 0 Å². The molecule has 2 aromatic rings. The summed E-state index contributed by atoms with van der Waals surface area (Å²) in [5.74, 6) is 1.39. The molecule has 1 aliphatic rings. The standard InChI is InChI=1S/C11H14N4O3S/c16-19(17)5-3-8(7-19)13-6-10-14-11(15-18-10)9-2-1-4-12-9/h1-2,4,8,12-13H,3,5-7H2. The minimum Gasteiger partial charge on any atom is -0.359 e. The highest BCUT2D eigenvalue weighted by Gasteiger charge is 2.27. The maximum atomic E-state index is 11.3. The molecule has 1 fully saturated rings. The average Bonchev–Trinajstić information content (AvgIpc) is 3.04. The van der Waals surface area contributed by atoms with Crippen LogP contribution in [0.25, 0.3) is 11.5 Å². The molecule has 102 valence electrons. The van der Waals surface area contributed by atoms with Crippen molar-refractivity contribution < 1.29 is 12.9 Å². The Bertz CT molecular complexity index is 647. The summed E-state index contributed by atoms with van der Waals surface area (Å²) in [4.78, 5) is 7.22. The van der Waals surface area contributed by atoms with Crippen LogP contribution in [0.5, 0.6) is 0 Å². The van der Waals surface area contributed by atoms with Crippen molar-refractivity contribution in [1.29, 1.82) is 0 Å². The third-order valence-electron chi connectivity index (χ3n) is 3.08. The monoisotopic (exact) mass is 282 g/mol. The second-order valence-electron chi connectivity index (χ2n) is 4.58. The molecule has 1 saturated heterocycles. The highest BCUT2D eigenvalue weighted by molar-refractivity contribution is 7.91. The second kappa shape index (κ2) is 4.78. The Morgan fingerprint density at radius 2 is 2.42 bits per heavy atom. The summed E-state index contributed by atoms with van der Waals surface area (Å²) in [6.07, 6.45) is 2.42. The van der Waals surface area contributed by atoms with E-state index in [0.717, 1.165) is 5.69 Å². The van der Waals surface area contributed by atoms with Gasteiger partial charge in [-0.1, -0.05) is 5.16 Å². The fourth-order valence-electron chi connectivity index (χ4n) is 2.09. The third-order valence-corrected chi connectivity index (χ3v) is 4.85. The average molecular weight is 282 g/mol. The first-order valence-corrected chi connectivity index (χ1v) is 7.85. The predicted molar refractivity (Wildman–Crippen MR) is 68.0 cm³/mol. The van der Waals surface area contributed by atoms with Gasteiger partial charge in [0.2, 0.25) is 11.7 Å². The molecule has 7 nitrogen and oxygen atoms in total. The summed E-state index contributed by atoms with van der Waals surface area (Å²) < 4.78 is 27.7. The summed E-state index contributed by atoms with van der Waals surface area (Å²) in [6.45, 7) is 0.383. The molecule has 0 amide bonds. The van der Waals surface area contributed by atoms with Gasteiger partial charge in [0.05, 0.1) is 23.7 Å². The Hall–Kier alpha value is -1.67. The molecule has 8 heteroatoms. The Kier molecular flexibility index (Phi) is 3.11. The summed E-state index contributed by atoms with van der Waals surface area (Å²) in [6, 6.07) is 3.68. The number of sulfone groups is 1. The fourth-order valence-corrected chi connectivity index (χ4v) is 3.80. The van der Waals surface area contributed by atoms with E-state index in [-0.39, 0.29) is 17.5 Å². The van der Waals surface area contributed by atoms with Crippen molar-refractivity contribution in [2.45, 2.75) is 19.0 Å². The second-order valence-corrected chi connectivity index (χ2v) is 6.81. The van der Waals surface area contributed by atoms with Crippen LogP contribution in [0.15, 0.2) is 22.9 Å². The lowest BCUT2D eigenvalue weighted by Crippen LogP contribution is -2.29. The van der Waals surface area contributed by atoms with Crippen molar-refractivity contribution in [1.82, 2.24) is 20.4 Å². The normalized spacial score (nSPS) is 21.8. The van der Waals surface area contributed by atoms with E-state index in [1.165, 1.54) is 0 Å². The van der Waals surface area contributed by atoms with E-state index in [2.05, 4.69) is 20.4 Å². The maximum Gasteiger partial charge on any atom is 0.240 e. The topological polar surface area (TPSA) is 101 Å². The lowest BCUT2D eigenvalue weighted by molar-refractivity contribution is 0.360. The SMILES string of the molecule is O=S1(=O)CCC(NCc2nc(-c3ccc[nH]3)no2)C1. The van der Waals surface area contributed by atoms with E-state index >= 15 is 0 Å². The molecule has 1 atom stereocenters. The van der Waals surface area contributed by atoms with Gasteiger partial charge in [0, 0.05) is 12.2 Å². The highest BCUT2D eigenvalue weighted by Crippen LogP contribution is 2.14. The molecule has 1 unspecified atom stereocenters. The number of H-pyrrole nitrogens is 1. The Morgan fingerprint density at radius 1 is 1.53 bits per heavy atom. The third kappa shape index (κ3) is 2.85. The van der Waals surface area contributed by atoms with E-state index in [1.54, 1.807) is 6.20 Å². The molecule has 1 aliphatic heterocycles. The molecular weight excluding hydrogens is 268 g/mol. The lowest BCUT2D eigenvalue weighted by Gasteiger charge is -2.06. The van der Waals surface area contributed by atoms with E-state index in [4.69, 9.17) is 4.52 Å². The molecule has 0 bridgehead atoms. The van der Waals surface area contributed by atoms with Gasteiger partial charge < -0.3 is 14.8 Å². The summed E-state index contributed by atoms with van der Waals surface area (Å²) in [5.41, 5.74) is 0.790. The van der Waals surface area contributed by atoms with E-state index in [9.17, 15) is 8.42 Å². The summed E-state index contributed by atoms with van der Waals surface area (Å²) in [7, 11) is -2.86. The largest absolute Gasteiger partial charge is 0.359 e. The van der Waals surface area contributed by atoms with Gasteiger partial charge in [-0.3, -0.25) is 0 Å². The van der Waals surface area contributed by atoms with Crippen LogP contribution in [0, 0.1) is 0 Å². The van der Waals surface area contributed by atoms with Crippen molar-refractivity contribution in [3.8, 4) is 11.5 Å². The first-order chi connectivity index (χ1) is 9.12. The molecule has 0 spiro atoms.